The zero-order valence-corrected chi connectivity index (χ0v) is 41.6. The van der Waals surface area contributed by atoms with Gasteiger partial charge in [0, 0.05) is 88.1 Å². The van der Waals surface area contributed by atoms with Crippen molar-refractivity contribution in [2.24, 2.45) is 0 Å². The molecule has 6 heterocycles. The Hall–Kier alpha value is -10.6. The molecule has 0 aliphatic heterocycles. The van der Waals surface area contributed by atoms with Gasteiger partial charge in [-0.1, -0.05) is 109 Å². The Labute approximate surface area is 443 Å². The summed E-state index contributed by atoms with van der Waals surface area (Å²) in [4.78, 5) is 0. The molecular weight excluding hydrogens is 957 g/mol. The normalized spacial score (nSPS) is 12.4. The summed E-state index contributed by atoms with van der Waals surface area (Å²) in [7, 11) is 0. The van der Waals surface area contributed by atoms with Crippen molar-refractivity contribution in [1.82, 2.24) is 9.13 Å². The Morgan fingerprint density at radius 1 is 0.179 bits per heavy atom. The lowest BCUT2D eigenvalue weighted by Crippen LogP contribution is -1.93. The maximum Gasteiger partial charge on any atom is 0.137 e. The van der Waals surface area contributed by atoms with Gasteiger partial charge < -0.3 is 26.8 Å². The first kappa shape index (κ1) is 41.8. The summed E-state index contributed by atoms with van der Waals surface area (Å²) in [5.41, 5.74) is 20.0. The van der Waals surface area contributed by atoms with Crippen molar-refractivity contribution in [1.29, 1.82) is 0 Å². The van der Waals surface area contributed by atoms with Gasteiger partial charge in [-0.2, -0.15) is 0 Å². The molecule has 12 aromatic carbocycles. The fourth-order valence-electron chi connectivity index (χ4n) is 12.8. The molecule has 18 aromatic rings. The lowest BCUT2D eigenvalue weighted by Gasteiger charge is -2.07. The van der Waals surface area contributed by atoms with Crippen LogP contribution < -0.4 is 0 Å². The minimum absolute atomic E-state index is 0.839. The average molecular weight is 997 g/mol. The fraction of sp³-hybridized carbons (Fsp3) is 0. The Kier molecular flexibility index (Phi) is 8.30. The molecule has 78 heavy (non-hydrogen) atoms. The van der Waals surface area contributed by atoms with Gasteiger partial charge in [-0.3, -0.25) is 0 Å². The second-order valence-electron chi connectivity index (χ2n) is 20.8. The van der Waals surface area contributed by atoms with Gasteiger partial charge in [0.25, 0.3) is 0 Å². The fourth-order valence-corrected chi connectivity index (χ4v) is 12.8. The zero-order valence-electron chi connectivity index (χ0n) is 41.6. The quantitative estimate of drug-likeness (QED) is 0.172. The summed E-state index contributed by atoms with van der Waals surface area (Å²) in [5, 5.41) is 13.6. The van der Waals surface area contributed by atoms with E-state index in [1.54, 1.807) is 0 Å². The molecule has 0 aliphatic rings. The van der Waals surface area contributed by atoms with Gasteiger partial charge in [-0.05, 0) is 155 Å². The highest BCUT2D eigenvalue weighted by Gasteiger charge is 2.19. The van der Waals surface area contributed by atoms with E-state index < -0.39 is 0 Å². The molecule has 0 aliphatic carbocycles. The van der Waals surface area contributed by atoms with Crippen LogP contribution in [0.15, 0.2) is 260 Å². The molecule has 0 fully saturated rings. The Bertz CT molecular complexity index is 5140. The summed E-state index contributed by atoms with van der Waals surface area (Å²) in [6, 6.07) is 86.4. The van der Waals surface area contributed by atoms with Gasteiger partial charge in [0.05, 0.1) is 22.1 Å². The van der Waals surface area contributed by atoms with Gasteiger partial charge in [0.2, 0.25) is 0 Å². The second kappa shape index (κ2) is 15.5. The van der Waals surface area contributed by atoms with Crippen LogP contribution in [0.4, 0.5) is 0 Å². The molecule has 0 atom stereocenters. The first-order valence-electron chi connectivity index (χ1n) is 26.4. The minimum atomic E-state index is 0.839. The Morgan fingerprint density at radius 2 is 0.385 bits per heavy atom. The van der Waals surface area contributed by atoms with E-state index >= 15 is 0 Å². The number of furan rings is 4. The average Bonchev–Trinajstić information content (AvgIpc) is 4.53. The van der Waals surface area contributed by atoms with Crippen LogP contribution in [0.5, 0.6) is 0 Å². The number of hydrogen-bond acceptors (Lipinski definition) is 4. The molecule has 362 valence electrons. The maximum atomic E-state index is 6.65. The molecule has 0 N–H and O–H groups in total. The van der Waals surface area contributed by atoms with Gasteiger partial charge in [-0.25, -0.2) is 0 Å². The SMILES string of the molecule is c1ccc2c(c1)c1ccccc1n2-c1ccc2c(c1)oc1cc(-c3ccc4c(c3)oc3cc(-c5ccc6c(c5)oc5cc(-c7ccc8c(c7)oc7cc(-n9c%10ccccc%10c%10ccccc%109)ccc78)ccc56)ccc34)ccc12. The predicted molar refractivity (Wildman–Crippen MR) is 321 cm³/mol. The Balaban J connectivity index is 0.641. The van der Waals surface area contributed by atoms with Crippen molar-refractivity contribution in [3.05, 3.63) is 243 Å². The molecule has 0 bridgehead atoms. The van der Waals surface area contributed by atoms with Crippen LogP contribution >= 0.6 is 0 Å². The van der Waals surface area contributed by atoms with Crippen LogP contribution in [0.2, 0.25) is 0 Å². The summed E-state index contributed by atoms with van der Waals surface area (Å²) in [5.74, 6) is 0. The third kappa shape index (κ3) is 5.96. The van der Waals surface area contributed by atoms with Crippen LogP contribution in [-0.2, 0) is 0 Å². The van der Waals surface area contributed by atoms with E-state index in [0.29, 0.717) is 0 Å². The molecule has 0 radical (unpaired) electrons. The van der Waals surface area contributed by atoms with Crippen LogP contribution in [0, 0.1) is 0 Å². The number of rotatable bonds is 5. The van der Waals surface area contributed by atoms with Crippen LogP contribution in [0.1, 0.15) is 0 Å². The standard InChI is InChI=1S/C72H40N2O4/c1-5-13-61-49(9-1)50-10-2-6-14-62(50)73(61)47-23-31-59-57-29-21-45(37-69(57)77-71(59)39-47)43-19-27-55-53-25-17-41(33-65(53)75-67(55)35-43)42-18-26-54-56-28-20-44(36-68(56)76-66(54)34-42)46-22-30-58-60-32-24-48(40-72(60)78-70(58)38-46)74-63-15-7-3-11-51(63)52-12-4-8-16-64(52)74/h1-40H. The second-order valence-corrected chi connectivity index (χ2v) is 20.8. The van der Waals surface area contributed by atoms with E-state index in [1.807, 2.05) is 0 Å². The summed E-state index contributed by atoms with van der Waals surface area (Å²) < 4.78 is 31.2. The van der Waals surface area contributed by atoms with Gasteiger partial charge in [0.15, 0.2) is 0 Å². The van der Waals surface area contributed by atoms with Gasteiger partial charge in [-0.15, -0.1) is 0 Å². The van der Waals surface area contributed by atoms with Crippen molar-refractivity contribution in [3.63, 3.8) is 0 Å². The number of benzene rings is 12. The van der Waals surface area contributed by atoms with Crippen molar-refractivity contribution in [3.8, 4) is 44.8 Å². The van der Waals surface area contributed by atoms with Gasteiger partial charge >= 0.3 is 0 Å². The number of nitrogens with zero attached hydrogens (tertiary/aromatic N) is 2. The van der Waals surface area contributed by atoms with E-state index in [1.165, 1.54) is 43.6 Å². The number of para-hydroxylation sites is 4. The number of hydrogen-bond donors (Lipinski definition) is 0. The number of fused-ring (bicyclic) bond motifs is 18. The first-order chi connectivity index (χ1) is 38.6. The van der Waals surface area contributed by atoms with E-state index in [-0.39, 0.29) is 0 Å². The third-order valence-corrected chi connectivity index (χ3v) is 16.5. The maximum absolute atomic E-state index is 6.65. The van der Waals surface area contributed by atoms with Crippen molar-refractivity contribution in [2.75, 3.05) is 0 Å². The molecular formula is C72H40N2O4. The van der Waals surface area contributed by atoms with Crippen LogP contribution in [0.3, 0.4) is 0 Å². The summed E-state index contributed by atoms with van der Waals surface area (Å²) in [6.07, 6.45) is 0. The molecule has 0 amide bonds. The van der Waals surface area contributed by atoms with Crippen LogP contribution in [-0.4, -0.2) is 9.13 Å². The molecule has 6 nitrogen and oxygen atoms in total. The largest absolute Gasteiger partial charge is 0.456 e. The summed E-state index contributed by atoms with van der Waals surface area (Å²) >= 11 is 0. The van der Waals surface area contributed by atoms with Crippen molar-refractivity contribution < 1.29 is 17.7 Å². The highest BCUT2D eigenvalue weighted by atomic mass is 16.3. The highest BCUT2D eigenvalue weighted by molar-refractivity contribution is 6.14. The monoisotopic (exact) mass is 996 g/mol. The molecule has 6 heteroatoms. The molecule has 18 rings (SSSR count). The number of aromatic nitrogens is 2. The summed E-state index contributed by atoms with van der Waals surface area (Å²) in [6.45, 7) is 0. The van der Waals surface area contributed by atoms with E-state index in [0.717, 1.165) is 133 Å². The first-order valence-corrected chi connectivity index (χ1v) is 26.4. The smallest absolute Gasteiger partial charge is 0.137 e. The van der Waals surface area contributed by atoms with E-state index in [2.05, 4.69) is 252 Å². The molecule has 0 spiro atoms. The molecule has 0 saturated carbocycles. The van der Waals surface area contributed by atoms with Crippen molar-refractivity contribution >= 4 is 131 Å². The van der Waals surface area contributed by atoms with E-state index in [4.69, 9.17) is 17.7 Å². The molecule has 0 saturated heterocycles. The van der Waals surface area contributed by atoms with Crippen LogP contribution in [0.25, 0.3) is 176 Å². The minimum Gasteiger partial charge on any atom is -0.456 e. The van der Waals surface area contributed by atoms with Crippen molar-refractivity contribution in [2.45, 2.75) is 0 Å². The lowest BCUT2D eigenvalue weighted by atomic mass is 10.00. The lowest BCUT2D eigenvalue weighted by molar-refractivity contribution is 0.667. The van der Waals surface area contributed by atoms with Gasteiger partial charge in [0.1, 0.15) is 44.7 Å². The third-order valence-electron chi connectivity index (χ3n) is 16.5. The Morgan fingerprint density at radius 3 is 0.628 bits per heavy atom. The molecule has 6 aromatic heterocycles. The topological polar surface area (TPSA) is 62.4 Å². The molecule has 0 unspecified atom stereocenters. The highest BCUT2D eigenvalue weighted by Crippen LogP contribution is 2.42. The van der Waals surface area contributed by atoms with E-state index in [9.17, 15) is 0 Å². The predicted octanol–water partition coefficient (Wildman–Crippen LogP) is 20.5. The zero-order chi connectivity index (χ0) is 50.7.